The summed E-state index contributed by atoms with van der Waals surface area (Å²) in [6.07, 6.45) is -0.545. The Balaban J connectivity index is 3.27. The van der Waals surface area contributed by atoms with Crippen molar-refractivity contribution in [2.24, 2.45) is 29.4 Å². The van der Waals surface area contributed by atoms with E-state index >= 15 is 0 Å². The molecule has 40 heavy (non-hydrogen) atoms. The molecule has 0 heterocycles. The maximum atomic E-state index is 12.4. The largest absolute Gasteiger partial charge is 0.513 e. The summed E-state index contributed by atoms with van der Waals surface area (Å²) in [6, 6.07) is 2.85. The molecule has 3 N–H and O–H groups in total. The molecule has 2 unspecified atom stereocenters. The van der Waals surface area contributed by atoms with Crippen molar-refractivity contribution >= 4 is 24.2 Å². The minimum absolute atomic E-state index is 0.0783. The summed E-state index contributed by atoms with van der Waals surface area (Å²) in [6.45, 7) is 13.6. The van der Waals surface area contributed by atoms with E-state index in [-0.39, 0.29) is 43.7 Å². The van der Waals surface area contributed by atoms with Gasteiger partial charge >= 0.3 is 24.2 Å². The van der Waals surface area contributed by atoms with E-state index in [0.717, 1.165) is 0 Å². The van der Waals surface area contributed by atoms with Gasteiger partial charge < -0.3 is 34.5 Å². The summed E-state index contributed by atoms with van der Waals surface area (Å²) in [7, 11) is 0. The molecule has 0 radical (unpaired) electrons. The number of carboxylic acid groups (broad SMARTS) is 1. The van der Waals surface area contributed by atoms with Crippen LogP contribution in [0.4, 0.5) is 9.59 Å². The molecule has 1 aromatic rings. The minimum atomic E-state index is -1.38. The number of carboxylic acids is 1. The number of ether oxygens (including phenoxy) is 5. The van der Waals surface area contributed by atoms with Crippen LogP contribution in [0.1, 0.15) is 79.2 Å². The van der Waals surface area contributed by atoms with Crippen LogP contribution in [0.15, 0.2) is 18.2 Å². The van der Waals surface area contributed by atoms with Crippen molar-refractivity contribution in [3.63, 3.8) is 0 Å². The number of esters is 1. The zero-order chi connectivity index (χ0) is 30.4. The molecule has 0 aromatic heterocycles. The van der Waals surface area contributed by atoms with Crippen LogP contribution >= 0.6 is 0 Å². The van der Waals surface area contributed by atoms with Crippen molar-refractivity contribution in [1.29, 1.82) is 0 Å². The molecule has 11 nitrogen and oxygen atoms in total. The summed E-state index contributed by atoms with van der Waals surface area (Å²) < 4.78 is 26.2. The third-order valence-corrected chi connectivity index (χ3v) is 5.94. The number of carbonyl (C=O) groups is 4. The van der Waals surface area contributed by atoms with Crippen molar-refractivity contribution < 1.29 is 48.0 Å². The van der Waals surface area contributed by atoms with E-state index in [1.807, 2.05) is 41.5 Å². The molecule has 0 saturated heterocycles. The molecule has 1 aromatic carbocycles. The van der Waals surface area contributed by atoms with E-state index in [0.29, 0.717) is 30.2 Å². The lowest BCUT2D eigenvalue weighted by molar-refractivity contribution is -0.146. The Kier molecular flexibility index (Phi) is 15.1. The van der Waals surface area contributed by atoms with Crippen LogP contribution in [0.2, 0.25) is 0 Å². The summed E-state index contributed by atoms with van der Waals surface area (Å²) in [5.74, 6) is -2.65. The number of benzene rings is 1. The Hall–Kier alpha value is -3.34. The Morgan fingerprint density at radius 2 is 1.30 bits per heavy atom. The highest BCUT2D eigenvalue weighted by Gasteiger charge is 2.33. The number of hydrogen-bond donors (Lipinski definition) is 2. The number of aliphatic carboxylic acids is 1. The smallest absolute Gasteiger partial charge is 0.480 e. The molecule has 0 saturated carbocycles. The first-order valence-electron chi connectivity index (χ1n) is 13.7. The van der Waals surface area contributed by atoms with Crippen molar-refractivity contribution in [3.05, 3.63) is 23.8 Å². The fourth-order valence-corrected chi connectivity index (χ4v) is 3.65. The van der Waals surface area contributed by atoms with Gasteiger partial charge in [0, 0.05) is 12.3 Å². The molecular formula is C29H45NO10. The third-order valence-electron chi connectivity index (χ3n) is 5.94. The van der Waals surface area contributed by atoms with E-state index in [1.165, 1.54) is 18.2 Å². The number of nitrogens with two attached hydrogens (primary N) is 1. The number of carbonyl (C=O) groups excluding carboxylic acids is 3. The first-order valence-corrected chi connectivity index (χ1v) is 13.7. The maximum Gasteiger partial charge on any atom is 0.513 e. The van der Waals surface area contributed by atoms with Gasteiger partial charge in [0.2, 0.25) is 0 Å². The molecule has 0 aliphatic rings. The van der Waals surface area contributed by atoms with Gasteiger partial charge in [0.25, 0.3) is 0 Å². The molecule has 1 rings (SSSR count). The molecule has 0 aliphatic heterocycles. The van der Waals surface area contributed by atoms with Crippen molar-refractivity contribution in [2.45, 2.75) is 79.7 Å². The SMILES string of the molecule is CC(C)CCOC(=O)Oc1ccc(C(C(C)COC(=O)CC(C)C)[C@H](N)C(=O)O)cc1OC(=O)OCCC(C)C. The fraction of sp³-hybridized carbons (Fsp3) is 0.655. The lowest BCUT2D eigenvalue weighted by Gasteiger charge is -2.28. The predicted molar refractivity (Wildman–Crippen MR) is 147 cm³/mol. The number of hydrogen-bond acceptors (Lipinski definition) is 10. The summed E-state index contributed by atoms with van der Waals surface area (Å²) in [5, 5.41) is 9.69. The Morgan fingerprint density at radius 1 is 0.775 bits per heavy atom. The van der Waals surface area contributed by atoms with Crippen LogP contribution in [0, 0.1) is 23.7 Å². The van der Waals surface area contributed by atoms with E-state index in [9.17, 15) is 24.3 Å². The third kappa shape index (κ3) is 13.1. The van der Waals surface area contributed by atoms with E-state index in [2.05, 4.69) is 0 Å². The van der Waals surface area contributed by atoms with Gasteiger partial charge in [-0.05, 0) is 54.2 Å². The van der Waals surface area contributed by atoms with Gasteiger partial charge in [-0.2, -0.15) is 0 Å². The van der Waals surface area contributed by atoms with Crippen LogP contribution in [0.3, 0.4) is 0 Å². The van der Waals surface area contributed by atoms with Gasteiger partial charge in [-0.25, -0.2) is 9.59 Å². The molecule has 0 bridgehead atoms. The Morgan fingerprint density at radius 3 is 1.77 bits per heavy atom. The maximum absolute atomic E-state index is 12.4. The summed E-state index contributed by atoms with van der Waals surface area (Å²) in [5.41, 5.74) is 6.41. The van der Waals surface area contributed by atoms with Crippen molar-refractivity contribution in [2.75, 3.05) is 19.8 Å². The Labute approximate surface area is 236 Å². The first kappa shape index (κ1) is 34.7. The average molecular weight is 568 g/mol. The summed E-state index contributed by atoms with van der Waals surface area (Å²) in [4.78, 5) is 48.6. The standard InChI is InChI=1S/C29H45NO10/c1-17(2)10-12-36-28(34)39-22-9-8-21(15-23(22)40-29(35)37-13-11-18(3)4)25(26(30)27(32)33)20(7)16-38-24(31)14-19(5)6/h8-9,15,17-20,25-26H,10-14,16,30H2,1-7H3,(H,32,33)/t20?,25?,26-/m0/s1. The van der Waals surface area contributed by atoms with Crippen LogP contribution in [-0.4, -0.2) is 55.2 Å². The molecule has 0 spiro atoms. The van der Waals surface area contributed by atoms with E-state index in [1.54, 1.807) is 6.92 Å². The molecule has 0 fully saturated rings. The van der Waals surface area contributed by atoms with Gasteiger partial charge in [-0.1, -0.05) is 54.5 Å². The molecule has 0 amide bonds. The second kappa shape index (κ2) is 17.4. The fourth-order valence-electron chi connectivity index (χ4n) is 3.65. The minimum Gasteiger partial charge on any atom is -0.480 e. The topological polar surface area (TPSA) is 161 Å². The van der Waals surface area contributed by atoms with Crippen molar-refractivity contribution in [1.82, 2.24) is 0 Å². The highest BCUT2D eigenvalue weighted by Crippen LogP contribution is 2.36. The van der Waals surface area contributed by atoms with Crippen LogP contribution in [0.25, 0.3) is 0 Å². The van der Waals surface area contributed by atoms with Gasteiger partial charge in [-0.3, -0.25) is 9.59 Å². The quantitative estimate of drug-likeness (QED) is 0.147. The monoisotopic (exact) mass is 567 g/mol. The van der Waals surface area contributed by atoms with Crippen molar-refractivity contribution in [3.8, 4) is 11.5 Å². The molecule has 0 aliphatic carbocycles. The first-order chi connectivity index (χ1) is 18.7. The molecule has 226 valence electrons. The zero-order valence-electron chi connectivity index (χ0n) is 24.6. The molecular weight excluding hydrogens is 522 g/mol. The molecule has 3 atom stereocenters. The van der Waals surface area contributed by atoms with Crippen LogP contribution < -0.4 is 15.2 Å². The number of rotatable bonds is 16. The van der Waals surface area contributed by atoms with Gasteiger partial charge in [0.05, 0.1) is 19.8 Å². The predicted octanol–water partition coefficient (Wildman–Crippen LogP) is 5.53. The van der Waals surface area contributed by atoms with Crippen LogP contribution in [-0.2, 0) is 23.8 Å². The van der Waals surface area contributed by atoms with E-state index in [4.69, 9.17) is 29.4 Å². The Bertz CT molecular complexity index is 976. The lowest BCUT2D eigenvalue weighted by Crippen LogP contribution is -2.40. The van der Waals surface area contributed by atoms with E-state index < -0.39 is 42.1 Å². The van der Waals surface area contributed by atoms with Gasteiger partial charge in [0.1, 0.15) is 6.04 Å². The highest BCUT2D eigenvalue weighted by atomic mass is 16.7. The van der Waals surface area contributed by atoms with Gasteiger partial charge in [0.15, 0.2) is 11.5 Å². The molecule has 11 heteroatoms. The second-order valence-corrected chi connectivity index (χ2v) is 11.1. The average Bonchev–Trinajstić information content (AvgIpc) is 2.83. The second-order valence-electron chi connectivity index (χ2n) is 11.1. The zero-order valence-corrected chi connectivity index (χ0v) is 24.6. The van der Waals surface area contributed by atoms with Gasteiger partial charge in [-0.15, -0.1) is 0 Å². The highest BCUT2D eigenvalue weighted by molar-refractivity contribution is 5.75. The summed E-state index contributed by atoms with van der Waals surface area (Å²) >= 11 is 0. The van der Waals surface area contributed by atoms with Crippen LogP contribution in [0.5, 0.6) is 11.5 Å². The lowest BCUT2D eigenvalue weighted by atomic mass is 9.82. The normalized spacial score (nSPS) is 13.5.